The van der Waals surface area contributed by atoms with Gasteiger partial charge in [-0.2, -0.15) is 4.73 Å². The molecule has 1 aromatic heterocycles. The number of fused-ring (bicyclic) bond motifs is 1. The summed E-state index contributed by atoms with van der Waals surface area (Å²) in [5.74, 6) is 0. The van der Waals surface area contributed by atoms with E-state index >= 15 is 0 Å². The van der Waals surface area contributed by atoms with Gasteiger partial charge < -0.3 is 10.3 Å². The topological polar surface area (TPSA) is 111 Å². The van der Waals surface area contributed by atoms with E-state index in [1.54, 1.807) is 0 Å². The van der Waals surface area contributed by atoms with E-state index in [0.717, 1.165) is 17.2 Å². The second kappa shape index (κ2) is 3.89. The number of rotatable bonds is 1. The van der Waals surface area contributed by atoms with Crippen LogP contribution >= 0.6 is 0 Å². The third-order valence-electron chi connectivity index (χ3n) is 2.64. The Kier molecular flexibility index (Phi) is 2.54. The molecule has 0 saturated carbocycles. The minimum absolute atomic E-state index is 0.105. The molecule has 8 nitrogen and oxygen atoms in total. The number of nitrogens with zero attached hydrogens (tertiary/aromatic N) is 3. The van der Waals surface area contributed by atoms with Crippen LogP contribution in [0.25, 0.3) is 0 Å². The van der Waals surface area contributed by atoms with Gasteiger partial charge in [-0.1, -0.05) is 0 Å². The van der Waals surface area contributed by atoms with E-state index in [4.69, 9.17) is 5.11 Å². The monoisotopic (exact) mass is 239 g/mol. The van der Waals surface area contributed by atoms with Crippen LogP contribution in [0.5, 0.6) is 0 Å². The van der Waals surface area contributed by atoms with Gasteiger partial charge in [-0.25, -0.2) is 4.79 Å². The van der Waals surface area contributed by atoms with Crippen molar-refractivity contribution in [3.8, 4) is 0 Å². The highest BCUT2D eigenvalue weighted by atomic mass is 16.6. The normalized spacial score (nSPS) is 14.2. The average molecular weight is 239 g/mol. The predicted molar refractivity (Wildman–Crippen MR) is 55.7 cm³/mol. The molecule has 0 spiro atoms. The molecule has 1 N–H and O–H groups in total. The van der Waals surface area contributed by atoms with Crippen molar-refractivity contribution in [1.82, 2.24) is 0 Å². The van der Waals surface area contributed by atoms with Gasteiger partial charge >= 0.3 is 11.8 Å². The van der Waals surface area contributed by atoms with Gasteiger partial charge in [0, 0.05) is 13.0 Å². The first-order valence-electron chi connectivity index (χ1n) is 4.92. The molecule has 0 aromatic carbocycles. The summed E-state index contributed by atoms with van der Waals surface area (Å²) in [6.45, 7) is 0.160. The van der Waals surface area contributed by atoms with Crippen LogP contribution in [0.1, 0.15) is 12.1 Å². The lowest BCUT2D eigenvalue weighted by atomic mass is 10.1. The molecule has 1 aliphatic heterocycles. The van der Waals surface area contributed by atoms with Crippen LogP contribution in [0.4, 0.5) is 16.2 Å². The number of hydrogen-bond donors (Lipinski definition) is 1. The van der Waals surface area contributed by atoms with Crippen molar-refractivity contribution in [3.05, 3.63) is 33.3 Å². The van der Waals surface area contributed by atoms with Gasteiger partial charge in [-0.05, 0) is 6.42 Å². The Hall–Kier alpha value is -2.38. The SMILES string of the molecule is O=C(O)N1CCCc2c1c([N+](=O)[O-])cc[n+]2[O-]. The molecule has 17 heavy (non-hydrogen) atoms. The fourth-order valence-corrected chi connectivity index (χ4v) is 1.94. The van der Waals surface area contributed by atoms with E-state index in [1.165, 1.54) is 0 Å². The Bertz CT molecular complexity index is 502. The standard InChI is InChI=1S/C9H9N3O5/c13-9(14)10-4-1-2-6-8(10)7(12(16)17)3-5-11(6)15/h3,5H,1-2,4H2,(H,13,14). The van der Waals surface area contributed by atoms with Crippen LogP contribution in [-0.4, -0.2) is 22.7 Å². The summed E-state index contributed by atoms with van der Waals surface area (Å²) in [6.07, 6.45) is 0.551. The van der Waals surface area contributed by atoms with Crippen molar-refractivity contribution in [3.63, 3.8) is 0 Å². The first-order valence-corrected chi connectivity index (χ1v) is 4.92. The van der Waals surface area contributed by atoms with Gasteiger partial charge in [0.15, 0.2) is 11.9 Å². The first-order chi connectivity index (χ1) is 8.02. The number of carboxylic acid groups (broad SMARTS) is 1. The number of hydrogen-bond acceptors (Lipinski definition) is 4. The molecule has 8 heteroatoms. The molecule has 0 radical (unpaired) electrons. The van der Waals surface area contributed by atoms with E-state index in [2.05, 4.69) is 0 Å². The predicted octanol–water partition coefficient (Wildman–Crippen LogP) is 0.659. The Morgan fingerprint density at radius 1 is 1.59 bits per heavy atom. The molecule has 0 bridgehead atoms. The number of aromatic nitrogens is 1. The van der Waals surface area contributed by atoms with Crippen molar-refractivity contribution >= 4 is 17.5 Å². The van der Waals surface area contributed by atoms with E-state index < -0.39 is 11.0 Å². The van der Waals surface area contributed by atoms with Crippen LogP contribution in [-0.2, 0) is 6.42 Å². The van der Waals surface area contributed by atoms with Crippen LogP contribution in [0.15, 0.2) is 12.3 Å². The molecule has 1 amide bonds. The third kappa shape index (κ3) is 1.73. The first kappa shape index (κ1) is 11.1. The van der Waals surface area contributed by atoms with Crippen molar-refractivity contribution in [1.29, 1.82) is 0 Å². The van der Waals surface area contributed by atoms with Gasteiger partial charge in [0.2, 0.25) is 5.69 Å². The molecule has 2 heterocycles. The summed E-state index contributed by atoms with van der Waals surface area (Å²) in [4.78, 5) is 22.0. The van der Waals surface area contributed by atoms with Crippen LogP contribution in [0.3, 0.4) is 0 Å². The lowest BCUT2D eigenvalue weighted by Gasteiger charge is -2.24. The number of anilines is 1. The molecule has 0 aliphatic carbocycles. The fraction of sp³-hybridized carbons (Fsp3) is 0.333. The molecule has 90 valence electrons. The number of pyridine rings is 1. The Morgan fingerprint density at radius 3 is 2.88 bits per heavy atom. The summed E-state index contributed by atoms with van der Waals surface area (Å²) in [5, 5.41) is 31.3. The maximum Gasteiger partial charge on any atom is 0.412 e. The quantitative estimate of drug-likeness (QED) is 0.335. The zero-order valence-corrected chi connectivity index (χ0v) is 8.70. The van der Waals surface area contributed by atoms with Gasteiger partial charge in [0.25, 0.3) is 0 Å². The van der Waals surface area contributed by atoms with Crippen LogP contribution in [0.2, 0.25) is 0 Å². The van der Waals surface area contributed by atoms with Gasteiger partial charge in [0.05, 0.1) is 11.0 Å². The zero-order valence-electron chi connectivity index (χ0n) is 8.70. The minimum atomic E-state index is -1.29. The van der Waals surface area contributed by atoms with Gasteiger partial charge in [0.1, 0.15) is 0 Å². The molecule has 0 atom stereocenters. The van der Waals surface area contributed by atoms with E-state index in [9.17, 15) is 20.1 Å². The second-order valence-corrected chi connectivity index (χ2v) is 3.62. The maximum absolute atomic E-state index is 11.5. The summed E-state index contributed by atoms with van der Waals surface area (Å²) in [7, 11) is 0. The molecular formula is C9H9N3O5. The van der Waals surface area contributed by atoms with Crippen molar-refractivity contribution in [2.75, 3.05) is 11.4 Å². The number of carbonyl (C=O) groups is 1. The van der Waals surface area contributed by atoms with Gasteiger partial charge in [-0.15, -0.1) is 0 Å². The van der Waals surface area contributed by atoms with E-state index in [1.807, 2.05) is 0 Å². The lowest BCUT2D eigenvalue weighted by Crippen LogP contribution is -2.42. The second-order valence-electron chi connectivity index (χ2n) is 3.62. The highest BCUT2D eigenvalue weighted by Crippen LogP contribution is 2.33. The largest absolute Gasteiger partial charge is 0.618 e. The fourth-order valence-electron chi connectivity index (χ4n) is 1.94. The number of amides is 1. The van der Waals surface area contributed by atoms with Gasteiger partial charge in [-0.3, -0.25) is 15.0 Å². The Morgan fingerprint density at radius 2 is 2.29 bits per heavy atom. The number of nitro groups is 1. The van der Waals surface area contributed by atoms with Crippen LogP contribution in [0, 0.1) is 15.3 Å². The molecule has 1 aliphatic rings. The average Bonchev–Trinajstić information content (AvgIpc) is 2.28. The molecule has 1 aromatic rings. The Labute approximate surface area is 95.4 Å². The maximum atomic E-state index is 11.5. The van der Waals surface area contributed by atoms with E-state index in [0.29, 0.717) is 17.6 Å². The van der Waals surface area contributed by atoms with Crippen molar-refractivity contribution in [2.24, 2.45) is 0 Å². The van der Waals surface area contributed by atoms with Crippen molar-refractivity contribution in [2.45, 2.75) is 12.8 Å². The summed E-state index contributed by atoms with van der Waals surface area (Å²) in [5.41, 5.74) is -0.326. The molecular weight excluding hydrogens is 230 g/mol. The summed E-state index contributed by atoms with van der Waals surface area (Å²) in [6, 6.07) is 1.02. The lowest BCUT2D eigenvalue weighted by molar-refractivity contribution is -0.614. The van der Waals surface area contributed by atoms with E-state index in [-0.39, 0.29) is 23.6 Å². The molecule has 0 fully saturated rings. The highest BCUT2D eigenvalue weighted by Gasteiger charge is 2.35. The highest BCUT2D eigenvalue weighted by molar-refractivity contribution is 5.90. The molecule has 0 saturated heterocycles. The molecule has 0 unspecified atom stereocenters. The minimum Gasteiger partial charge on any atom is -0.618 e. The van der Waals surface area contributed by atoms with Crippen molar-refractivity contribution < 1.29 is 19.6 Å². The summed E-state index contributed by atoms with van der Waals surface area (Å²) < 4.78 is 0.484. The smallest absolute Gasteiger partial charge is 0.412 e. The Balaban J connectivity index is 2.67. The third-order valence-corrected chi connectivity index (χ3v) is 2.64. The summed E-state index contributed by atoms with van der Waals surface area (Å²) >= 11 is 0. The van der Waals surface area contributed by atoms with Crippen LogP contribution < -0.4 is 9.63 Å². The zero-order chi connectivity index (χ0) is 12.6. The molecule has 2 rings (SSSR count).